The largest absolute Gasteiger partial charge is 0.493 e. The van der Waals surface area contributed by atoms with Gasteiger partial charge < -0.3 is 26.0 Å². The van der Waals surface area contributed by atoms with Gasteiger partial charge in [-0.15, -0.1) is 0 Å². The second-order valence-electron chi connectivity index (χ2n) is 8.74. The summed E-state index contributed by atoms with van der Waals surface area (Å²) >= 11 is 6.38. The van der Waals surface area contributed by atoms with Crippen LogP contribution in [0.3, 0.4) is 0 Å². The molecule has 4 N–H and O–H groups in total. The smallest absolute Gasteiger partial charge is 0.416 e. The highest BCUT2D eigenvalue weighted by atomic mass is 35.5. The number of piperazine rings is 1. The number of aryl methyl sites for hydroxylation is 1. The molecule has 2 aromatic carbocycles. The number of alkyl halides is 3. The number of benzene rings is 2. The first-order valence-electron chi connectivity index (χ1n) is 11.7. The molecule has 202 valence electrons. The Morgan fingerprint density at radius 3 is 2.74 bits per heavy atom. The zero-order chi connectivity index (χ0) is 27.4. The predicted molar refractivity (Wildman–Crippen MR) is 136 cm³/mol. The van der Waals surface area contributed by atoms with Crippen molar-refractivity contribution in [1.29, 1.82) is 0 Å². The van der Waals surface area contributed by atoms with Gasteiger partial charge in [-0.3, -0.25) is 9.48 Å². The number of primary amides is 1. The van der Waals surface area contributed by atoms with E-state index in [1.807, 2.05) is 0 Å². The topological polar surface area (TPSA) is 115 Å². The number of aromatic nitrogens is 2. The number of halogens is 4. The average Bonchev–Trinajstić information content (AvgIpc) is 3.22. The molecule has 1 saturated heterocycles. The molecule has 38 heavy (non-hydrogen) atoms. The van der Waals surface area contributed by atoms with Gasteiger partial charge in [-0.1, -0.05) is 17.7 Å². The lowest BCUT2D eigenvalue weighted by Crippen LogP contribution is -2.55. The van der Waals surface area contributed by atoms with Gasteiger partial charge in [0.25, 0.3) is 5.91 Å². The second-order valence-corrected chi connectivity index (χ2v) is 9.14. The van der Waals surface area contributed by atoms with Gasteiger partial charge in [0.1, 0.15) is 5.75 Å². The molecule has 1 aromatic heterocycles. The van der Waals surface area contributed by atoms with Crippen LogP contribution in [-0.2, 0) is 13.2 Å². The Morgan fingerprint density at radius 2 is 2.05 bits per heavy atom. The molecular formula is C25H26ClF3N6O3. The molecule has 2 heterocycles. The van der Waals surface area contributed by atoms with Crippen LogP contribution in [0, 0.1) is 0 Å². The Morgan fingerprint density at radius 1 is 1.26 bits per heavy atom. The molecule has 1 atom stereocenters. The van der Waals surface area contributed by atoms with Crippen LogP contribution in [0.1, 0.15) is 22.3 Å². The summed E-state index contributed by atoms with van der Waals surface area (Å²) in [5, 5.41) is 10.4. The number of nitrogens with two attached hydrogens (primary N) is 1. The maximum absolute atomic E-state index is 13.1. The third kappa shape index (κ3) is 6.20. The Labute approximate surface area is 221 Å². The molecule has 9 nitrogen and oxygen atoms in total. The van der Waals surface area contributed by atoms with E-state index in [4.69, 9.17) is 22.1 Å². The van der Waals surface area contributed by atoms with Crippen molar-refractivity contribution in [3.8, 4) is 17.0 Å². The van der Waals surface area contributed by atoms with Crippen LogP contribution >= 0.6 is 11.6 Å². The standard InChI is InChI=1S/C25H26ClF3N6O3/c1-34-22(20(26)14-32-34)19-12-17(33-23(36)15-3-2-4-16(11-15)25(27,28)29)5-6-21(19)38-10-7-18-13-31-8-9-35(18)24(30)37/h2-6,11-12,14,18,31H,7-10,13H2,1H3,(H2,30,37)(H,33,36). The molecule has 1 aliphatic heterocycles. The first kappa shape index (κ1) is 27.3. The molecule has 0 radical (unpaired) electrons. The normalized spacial score (nSPS) is 15.8. The van der Waals surface area contributed by atoms with E-state index in [2.05, 4.69) is 15.7 Å². The number of carbonyl (C=O) groups is 2. The number of hydrogen-bond acceptors (Lipinski definition) is 5. The molecule has 3 aromatic rings. The summed E-state index contributed by atoms with van der Waals surface area (Å²) in [5.74, 6) is -0.259. The fraction of sp³-hybridized carbons (Fsp3) is 0.320. The monoisotopic (exact) mass is 550 g/mol. The highest BCUT2D eigenvalue weighted by Gasteiger charge is 2.31. The maximum atomic E-state index is 13.1. The number of amides is 3. The third-order valence-electron chi connectivity index (χ3n) is 6.18. The molecule has 3 amide bonds. The van der Waals surface area contributed by atoms with Crippen molar-refractivity contribution in [2.24, 2.45) is 12.8 Å². The lowest BCUT2D eigenvalue weighted by Gasteiger charge is -2.35. The van der Waals surface area contributed by atoms with Crippen molar-refractivity contribution in [1.82, 2.24) is 20.0 Å². The number of nitrogens with one attached hydrogen (secondary N) is 2. The molecule has 0 aliphatic carbocycles. The summed E-state index contributed by atoms with van der Waals surface area (Å²) in [4.78, 5) is 26.1. The first-order valence-corrected chi connectivity index (χ1v) is 12.1. The third-order valence-corrected chi connectivity index (χ3v) is 6.46. The van der Waals surface area contributed by atoms with Gasteiger partial charge in [-0.25, -0.2) is 4.79 Å². The van der Waals surface area contributed by atoms with Crippen molar-refractivity contribution >= 4 is 29.2 Å². The van der Waals surface area contributed by atoms with Crippen LogP contribution < -0.4 is 21.1 Å². The second kappa shape index (κ2) is 11.3. The molecule has 1 unspecified atom stereocenters. The molecule has 13 heteroatoms. The zero-order valence-electron chi connectivity index (χ0n) is 20.4. The van der Waals surface area contributed by atoms with E-state index in [1.54, 1.807) is 34.8 Å². The minimum Gasteiger partial charge on any atom is -0.493 e. The van der Waals surface area contributed by atoms with Gasteiger partial charge in [0.15, 0.2) is 0 Å². The van der Waals surface area contributed by atoms with Crippen LogP contribution in [0.4, 0.5) is 23.7 Å². The summed E-state index contributed by atoms with van der Waals surface area (Å²) in [7, 11) is 1.69. The van der Waals surface area contributed by atoms with E-state index in [0.717, 1.165) is 12.1 Å². The summed E-state index contributed by atoms with van der Waals surface area (Å²) < 4.78 is 46.8. The van der Waals surface area contributed by atoms with Crippen molar-refractivity contribution in [3.05, 3.63) is 64.8 Å². The molecule has 0 bridgehead atoms. The number of carbonyl (C=O) groups excluding carboxylic acids is 2. The number of urea groups is 1. The summed E-state index contributed by atoms with van der Waals surface area (Å²) in [5.41, 5.74) is 5.80. The van der Waals surface area contributed by atoms with Crippen molar-refractivity contribution in [3.63, 3.8) is 0 Å². The van der Waals surface area contributed by atoms with E-state index < -0.39 is 23.7 Å². The minimum absolute atomic E-state index is 0.129. The zero-order valence-corrected chi connectivity index (χ0v) is 21.1. The number of nitrogens with zero attached hydrogens (tertiary/aromatic N) is 3. The van der Waals surface area contributed by atoms with Crippen LogP contribution in [0.2, 0.25) is 5.02 Å². The minimum atomic E-state index is -4.57. The molecule has 4 rings (SSSR count). The van der Waals surface area contributed by atoms with E-state index in [-0.39, 0.29) is 18.2 Å². The Balaban J connectivity index is 1.55. The van der Waals surface area contributed by atoms with Gasteiger partial charge in [0.2, 0.25) is 0 Å². The van der Waals surface area contributed by atoms with E-state index in [9.17, 15) is 22.8 Å². The highest BCUT2D eigenvalue weighted by Crippen LogP contribution is 2.37. The summed E-state index contributed by atoms with van der Waals surface area (Å²) in [6, 6.07) is 8.38. The number of ether oxygens (including phenoxy) is 1. The lowest BCUT2D eigenvalue weighted by atomic mass is 10.1. The number of anilines is 1. The molecule has 1 fully saturated rings. The summed E-state index contributed by atoms with van der Waals surface area (Å²) in [6.07, 6.45) is -2.59. The fourth-order valence-electron chi connectivity index (χ4n) is 4.29. The van der Waals surface area contributed by atoms with Crippen LogP contribution in [-0.4, -0.2) is 58.9 Å². The van der Waals surface area contributed by atoms with Gasteiger partial charge in [-0.05, 0) is 36.4 Å². The Bertz CT molecular complexity index is 1310. The Kier molecular flexibility index (Phi) is 8.12. The lowest BCUT2D eigenvalue weighted by molar-refractivity contribution is -0.137. The van der Waals surface area contributed by atoms with Crippen molar-refractivity contribution in [2.45, 2.75) is 18.6 Å². The molecule has 0 saturated carbocycles. The predicted octanol–water partition coefficient (Wildman–Crippen LogP) is 4.13. The van der Waals surface area contributed by atoms with Crippen molar-refractivity contribution < 1.29 is 27.5 Å². The van der Waals surface area contributed by atoms with E-state index >= 15 is 0 Å². The van der Waals surface area contributed by atoms with E-state index in [1.165, 1.54) is 18.3 Å². The van der Waals surface area contributed by atoms with E-state index in [0.29, 0.717) is 53.8 Å². The summed E-state index contributed by atoms with van der Waals surface area (Å²) in [6.45, 7) is 2.02. The number of hydrogen-bond donors (Lipinski definition) is 3. The Hall–Kier alpha value is -3.77. The van der Waals surface area contributed by atoms with Crippen LogP contribution in [0.15, 0.2) is 48.7 Å². The maximum Gasteiger partial charge on any atom is 0.416 e. The average molecular weight is 551 g/mol. The van der Waals surface area contributed by atoms with Gasteiger partial charge in [-0.2, -0.15) is 18.3 Å². The molecular weight excluding hydrogens is 525 g/mol. The molecule has 0 spiro atoms. The quantitative estimate of drug-likeness (QED) is 0.409. The highest BCUT2D eigenvalue weighted by molar-refractivity contribution is 6.33. The molecule has 1 aliphatic rings. The van der Waals surface area contributed by atoms with Gasteiger partial charge in [0.05, 0.1) is 29.1 Å². The van der Waals surface area contributed by atoms with Crippen molar-refractivity contribution in [2.75, 3.05) is 31.6 Å². The SMILES string of the molecule is Cn1ncc(Cl)c1-c1cc(NC(=O)c2cccc(C(F)(F)F)c2)ccc1OCCC1CNCCN1C(N)=O. The fourth-order valence-corrected chi connectivity index (χ4v) is 4.55. The van der Waals surface area contributed by atoms with Crippen LogP contribution in [0.5, 0.6) is 5.75 Å². The van der Waals surface area contributed by atoms with Gasteiger partial charge >= 0.3 is 12.2 Å². The first-order chi connectivity index (χ1) is 18.0. The van der Waals surface area contributed by atoms with Crippen LogP contribution in [0.25, 0.3) is 11.3 Å². The van der Waals surface area contributed by atoms with Gasteiger partial charge in [0, 0.05) is 56.0 Å². The number of rotatable bonds is 7.